The predicted octanol–water partition coefficient (Wildman–Crippen LogP) is 3.27. The lowest BCUT2D eigenvalue weighted by atomic mass is 10.1. The minimum absolute atomic E-state index is 0.215. The van der Waals surface area contributed by atoms with Crippen molar-refractivity contribution in [3.8, 4) is 5.75 Å². The van der Waals surface area contributed by atoms with Crippen LogP contribution in [0, 0.1) is 13.8 Å². The molecule has 0 heterocycles. The van der Waals surface area contributed by atoms with Gasteiger partial charge in [-0.2, -0.15) is 0 Å². The molecular formula is C12H14BrClO3. The lowest BCUT2D eigenvalue weighted by molar-refractivity contribution is -0.140. The fourth-order valence-electron chi connectivity index (χ4n) is 1.35. The summed E-state index contributed by atoms with van der Waals surface area (Å²) in [5.41, 5.74) is 1.90. The van der Waals surface area contributed by atoms with Crippen molar-refractivity contribution in [2.24, 2.45) is 0 Å². The third-order valence-electron chi connectivity index (χ3n) is 2.26. The lowest BCUT2D eigenvalue weighted by Crippen LogP contribution is -2.22. The monoisotopic (exact) mass is 320 g/mol. The molecule has 0 bridgehead atoms. The fraction of sp³-hybridized carbons (Fsp3) is 0.417. The van der Waals surface area contributed by atoms with Crippen LogP contribution in [-0.4, -0.2) is 24.5 Å². The van der Waals surface area contributed by atoms with E-state index in [9.17, 15) is 4.79 Å². The second kappa shape index (κ2) is 6.26. The molecule has 0 N–H and O–H groups in total. The molecule has 0 saturated heterocycles. The number of carbonyl (C=O) groups excluding carboxylic acids is 1. The highest BCUT2D eigenvalue weighted by molar-refractivity contribution is 9.10. The quantitative estimate of drug-likeness (QED) is 0.631. The highest BCUT2D eigenvalue weighted by atomic mass is 79.9. The Morgan fingerprint density at radius 2 is 1.94 bits per heavy atom. The average Bonchev–Trinajstić information content (AvgIpc) is 2.31. The molecule has 1 atom stereocenters. The van der Waals surface area contributed by atoms with Gasteiger partial charge in [-0.05, 0) is 37.1 Å². The zero-order valence-corrected chi connectivity index (χ0v) is 12.3. The summed E-state index contributed by atoms with van der Waals surface area (Å²) in [7, 11) is 1.34. The van der Waals surface area contributed by atoms with Gasteiger partial charge in [0, 0.05) is 5.02 Å². The van der Waals surface area contributed by atoms with E-state index < -0.39 is 4.83 Å². The Labute approximate surface area is 114 Å². The standard InChI is InChI=1S/C12H14BrClO3/c1-7-4-9(5-8(2)11(7)14)17-6-10(13)12(15)16-3/h4-5,10H,6H2,1-3H3. The van der Waals surface area contributed by atoms with Crippen molar-refractivity contribution < 1.29 is 14.3 Å². The van der Waals surface area contributed by atoms with E-state index >= 15 is 0 Å². The number of hydrogen-bond donors (Lipinski definition) is 0. The van der Waals surface area contributed by atoms with Crippen molar-refractivity contribution in [2.75, 3.05) is 13.7 Å². The number of alkyl halides is 1. The first kappa shape index (κ1) is 14.3. The van der Waals surface area contributed by atoms with Crippen LogP contribution >= 0.6 is 27.5 Å². The Kier molecular flexibility index (Phi) is 5.28. The Bertz CT molecular complexity index is 397. The number of esters is 1. The molecule has 0 aliphatic heterocycles. The Hall–Kier alpha value is -0.740. The number of rotatable bonds is 4. The van der Waals surface area contributed by atoms with E-state index in [4.69, 9.17) is 16.3 Å². The third-order valence-corrected chi connectivity index (χ3v) is 3.50. The van der Waals surface area contributed by atoms with Crippen LogP contribution in [0.1, 0.15) is 11.1 Å². The molecule has 0 spiro atoms. The molecule has 1 aromatic carbocycles. The Balaban J connectivity index is 2.67. The van der Waals surface area contributed by atoms with Gasteiger partial charge in [0.1, 0.15) is 17.2 Å². The number of carbonyl (C=O) groups is 1. The van der Waals surface area contributed by atoms with Crippen LogP contribution in [0.25, 0.3) is 0 Å². The zero-order chi connectivity index (χ0) is 13.0. The van der Waals surface area contributed by atoms with Gasteiger partial charge in [0.05, 0.1) is 7.11 Å². The maximum Gasteiger partial charge on any atom is 0.322 e. The van der Waals surface area contributed by atoms with E-state index in [-0.39, 0.29) is 12.6 Å². The highest BCUT2D eigenvalue weighted by Gasteiger charge is 2.16. The van der Waals surface area contributed by atoms with Crippen LogP contribution in [0.15, 0.2) is 12.1 Å². The molecule has 0 radical (unpaired) electrons. The number of aryl methyl sites for hydroxylation is 2. The molecule has 1 unspecified atom stereocenters. The molecule has 3 nitrogen and oxygen atoms in total. The minimum atomic E-state index is -0.469. The fourth-order valence-corrected chi connectivity index (χ4v) is 1.78. The molecule has 94 valence electrons. The van der Waals surface area contributed by atoms with Crippen LogP contribution in [-0.2, 0) is 9.53 Å². The number of methoxy groups -OCH3 is 1. The minimum Gasteiger partial charge on any atom is -0.492 e. The maximum absolute atomic E-state index is 11.2. The molecule has 1 rings (SSSR count). The molecule has 1 aromatic rings. The number of ether oxygens (including phenoxy) is 2. The van der Waals surface area contributed by atoms with E-state index in [1.807, 2.05) is 26.0 Å². The first-order valence-corrected chi connectivity index (χ1v) is 6.36. The van der Waals surface area contributed by atoms with Crippen molar-refractivity contribution in [2.45, 2.75) is 18.7 Å². The zero-order valence-electron chi connectivity index (χ0n) is 9.92. The second-order valence-corrected chi connectivity index (χ2v) is 5.16. The van der Waals surface area contributed by atoms with Gasteiger partial charge in [-0.1, -0.05) is 27.5 Å². The van der Waals surface area contributed by atoms with E-state index in [1.54, 1.807) is 0 Å². The van der Waals surface area contributed by atoms with Crippen molar-refractivity contribution in [3.05, 3.63) is 28.3 Å². The van der Waals surface area contributed by atoms with Gasteiger partial charge in [0.2, 0.25) is 0 Å². The highest BCUT2D eigenvalue weighted by Crippen LogP contribution is 2.26. The summed E-state index contributed by atoms with van der Waals surface area (Å²) in [4.78, 5) is 10.7. The molecule has 0 amide bonds. The van der Waals surface area contributed by atoms with E-state index in [0.717, 1.165) is 16.1 Å². The smallest absolute Gasteiger partial charge is 0.322 e. The van der Waals surface area contributed by atoms with Crippen molar-refractivity contribution in [3.63, 3.8) is 0 Å². The molecule has 0 fully saturated rings. The van der Waals surface area contributed by atoms with Gasteiger partial charge < -0.3 is 9.47 Å². The molecule has 0 aliphatic rings. The van der Waals surface area contributed by atoms with Crippen LogP contribution < -0.4 is 4.74 Å². The molecular weight excluding hydrogens is 307 g/mol. The van der Waals surface area contributed by atoms with Gasteiger partial charge in [-0.25, -0.2) is 0 Å². The lowest BCUT2D eigenvalue weighted by Gasteiger charge is -2.12. The Morgan fingerprint density at radius 3 is 2.41 bits per heavy atom. The van der Waals surface area contributed by atoms with Crippen LogP contribution in [0.3, 0.4) is 0 Å². The van der Waals surface area contributed by atoms with Crippen LogP contribution in [0.4, 0.5) is 0 Å². The summed E-state index contributed by atoms with van der Waals surface area (Å²) in [5, 5.41) is 0.737. The third kappa shape index (κ3) is 3.89. The largest absolute Gasteiger partial charge is 0.492 e. The summed E-state index contributed by atoms with van der Waals surface area (Å²) in [6, 6.07) is 3.68. The van der Waals surface area contributed by atoms with E-state index in [1.165, 1.54) is 7.11 Å². The summed E-state index contributed by atoms with van der Waals surface area (Å²) in [6.45, 7) is 4.04. The average molecular weight is 322 g/mol. The molecule has 0 aromatic heterocycles. The van der Waals surface area contributed by atoms with Crippen molar-refractivity contribution >= 4 is 33.5 Å². The molecule has 5 heteroatoms. The first-order valence-electron chi connectivity index (χ1n) is 5.07. The molecule has 0 saturated carbocycles. The van der Waals surface area contributed by atoms with Gasteiger partial charge in [-0.3, -0.25) is 4.79 Å². The van der Waals surface area contributed by atoms with Gasteiger partial charge in [0.25, 0.3) is 0 Å². The number of benzene rings is 1. The Morgan fingerprint density at radius 1 is 1.41 bits per heavy atom. The van der Waals surface area contributed by atoms with Crippen molar-refractivity contribution in [1.29, 1.82) is 0 Å². The van der Waals surface area contributed by atoms with Crippen molar-refractivity contribution in [1.82, 2.24) is 0 Å². The SMILES string of the molecule is COC(=O)C(Br)COc1cc(C)c(Cl)c(C)c1. The molecule has 17 heavy (non-hydrogen) atoms. The summed E-state index contributed by atoms with van der Waals surface area (Å²) < 4.78 is 10.1. The summed E-state index contributed by atoms with van der Waals surface area (Å²) >= 11 is 9.23. The maximum atomic E-state index is 11.2. The normalized spacial score (nSPS) is 12.1. The molecule has 0 aliphatic carbocycles. The van der Waals surface area contributed by atoms with E-state index in [0.29, 0.717) is 5.75 Å². The van der Waals surface area contributed by atoms with Crippen LogP contribution in [0.5, 0.6) is 5.75 Å². The van der Waals surface area contributed by atoms with E-state index in [2.05, 4.69) is 20.7 Å². The summed E-state index contributed by atoms with van der Waals surface area (Å²) in [6.07, 6.45) is 0. The van der Waals surface area contributed by atoms with Gasteiger partial charge >= 0.3 is 5.97 Å². The second-order valence-electron chi connectivity index (χ2n) is 3.67. The van der Waals surface area contributed by atoms with Gasteiger partial charge in [0.15, 0.2) is 0 Å². The number of hydrogen-bond acceptors (Lipinski definition) is 3. The first-order chi connectivity index (χ1) is 7.95. The predicted molar refractivity (Wildman–Crippen MR) is 71.2 cm³/mol. The van der Waals surface area contributed by atoms with Gasteiger partial charge in [-0.15, -0.1) is 0 Å². The summed E-state index contributed by atoms with van der Waals surface area (Å²) in [5.74, 6) is 0.338. The van der Waals surface area contributed by atoms with Crippen LogP contribution in [0.2, 0.25) is 5.02 Å². The topological polar surface area (TPSA) is 35.5 Å². The number of halogens is 2.